The van der Waals surface area contributed by atoms with E-state index in [4.69, 9.17) is 0 Å². The zero-order valence-electron chi connectivity index (χ0n) is 6.51. The van der Waals surface area contributed by atoms with Crippen molar-refractivity contribution in [2.24, 2.45) is 0 Å². The third-order valence-electron chi connectivity index (χ3n) is 0.991. The second-order valence-corrected chi connectivity index (χ2v) is 1.90. The molecule has 0 rings (SSSR count). The number of hydrogen-bond donors (Lipinski definition) is 1. The molecule has 0 heterocycles. The quantitative estimate of drug-likeness (QED) is 0.346. The molecule has 10 heavy (non-hydrogen) atoms. The van der Waals surface area contributed by atoms with Gasteiger partial charge in [0, 0.05) is 13.1 Å². The Hall–Kier alpha value is -0.820. The monoisotopic (exact) mass is 137 g/mol. The molecule has 0 aromatic rings. The summed E-state index contributed by atoms with van der Waals surface area (Å²) in [5.41, 5.74) is 0. The molecule has 1 N–H and O–H groups in total. The van der Waals surface area contributed by atoms with E-state index in [0.29, 0.717) is 0 Å². The lowest BCUT2D eigenvalue weighted by Crippen LogP contribution is -2.12. The minimum absolute atomic E-state index is 0.875. The first-order chi connectivity index (χ1) is 4.91. The first-order valence-corrected chi connectivity index (χ1v) is 3.51. The first kappa shape index (κ1) is 9.18. The molecule has 0 amide bonds. The van der Waals surface area contributed by atoms with Crippen molar-refractivity contribution in [3.63, 3.8) is 0 Å². The molecule has 0 unspecified atom stereocenters. The van der Waals surface area contributed by atoms with Crippen LogP contribution in [0.25, 0.3) is 0 Å². The van der Waals surface area contributed by atoms with Crippen molar-refractivity contribution in [1.29, 1.82) is 0 Å². The van der Waals surface area contributed by atoms with E-state index in [1.807, 2.05) is 31.2 Å². The Morgan fingerprint density at radius 2 is 2.10 bits per heavy atom. The number of allylic oxidation sites excluding steroid dienone is 3. The Kier molecular flexibility index (Phi) is 7.51. The van der Waals surface area contributed by atoms with Crippen LogP contribution in [0, 0.1) is 0 Å². The number of rotatable bonds is 5. The summed E-state index contributed by atoms with van der Waals surface area (Å²) in [6.45, 7) is 7.38. The van der Waals surface area contributed by atoms with Crippen molar-refractivity contribution in [3.05, 3.63) is 37.0 Å². The lowest BCUT2D eigenvalue weighted by Gasteiger charge is -1.91. The second kappa shape index (κ2) is 8.18. The Morgan fingerprint density at radius 1 is 1.30 bits per heavy atom. The normalized spacial score (nSPS) is 11.3. The van der Waals surface area contributed by atoms with Crippen LogP contribution < -0.4 is 5.32 Å². The Morgan fingerprint density at radius 3 is 2.70 bits per heavy atom. The summed E-state index contributed by atoms with van der Waals surface area (Å²) in [5, 5.41) is 3.16. The molecular formula is C9H15N. The average Bonchev–Trinajstić information content (AvgIpc) is 1.97. The summed E-state index contributed by atoms with van der Waals surface area (Å²) in [5.74, 6) is 0. The standard InChI is InChI=1S/C9H15N/c1-3-5-6-7-9-10-8-4-2/h3-7,10H,2,8-9H2,1H3. The molecule has 56 valence electrons. The van der Waals surface area contributed by atoms with Gasteiger partial charge in [0.05, 0.1) is 0 Å². The van der Waals surface area contributed by atoms with Gasteiger partial charge in [-0.2, -0.15) is 0 Å². The van der Waals surface area contributed by atoms with E-state index in [0.717, 1.165) is 13.1 Å². The molecule has 0 fully saturated rings. The molecule has 0 saturated carbocycles. The fraction of sp³-hybridized carbons (Fsp3) is 0.333. The van der Waals surface area contributed by atoms with Crippen LogP contribution in [0.1, 0.15) is 6.92 Å². The summed E-state index contributed by atoms with van der Waals surface area (Å²) in [6.07, 6.45) is 9.96. The van der Waals surface area contributed by atoms with Crippen molar-refractivity contribution in [2.45, 2.75) is 6.92 Å². The molecule has 0 aromatic heterocycles. The van der Waals surface area contributed by atoms with Gasteiger partial charge in [0.2, 0.25) is 0 Å². The third-order valence-corrected chi connectivity index (χ3v) is 0.991. The zero-order valence-corrected chi connectivity index (χ0v) is 6.51. The molecule has 0 aromatic carbocycles. The van der Waals surface area contributed by atoms with E-state index >= 15 is 0 Å². The van der Waals surface area contributed by atoms with Crippen LogP contribution in [-0.4, -0.2) is 13.1 Å². The summed E-state index contributed by atoms with van der Waals surface area (Å²) in [4.78, 5) is 0. The SMILES string of the molecule is C=CCNCC=CC=CC. The minimum atomic E-state index is 0.875. The third kappa shape index (κ3) is 7.18. The largest absolute Gasteiger partial charge is 0.310 e. The van der Waals surface area contributed by atoms with Crippen molar-refractivity contribution >= 4 is 0 Å². The molecule has 1 nitrogen and oxygen atoms in total. The van der Waals surface area contributed by atoms with Crippen LogP contribution in [0.3, 0.4) is 0 Å². The highest BCUT2D eigenvalue weighted by molar-refractivity contribution is 5.01. The van der Waals surface area contributed by atoms with Crippen LogP contribution in [0.15, 0.2) is 37.0 Å². The Labute approximate surface area is 63.1 Å². The van der Waals surface area contributed by atoms with Gasteiger partial charge >= 0.3 is 0 Å². The van der Waals surface area contributed by atoms with Crippen LogP contribution >= 0.6 is 0 Å². The highest BCUT2D eigenvalue weighted by Crippen LogP contribution is 1.74. The second-order valence-electron chi connectivity index (χ2n) is 1.90. The molecule has 0 atom stereocenters. The molecule has 0 aliphatic rings. The highest BCUT2D eigenvalue weighted by Gasteiger charge is 1.72. The number of nitrogens with one attached hydrogen (secondary N) is 1. The van der Waals surface area contributed by atoms with Gasteiger partial charge in [-0.15, -0.1) is 6.58 Å². The summed E-state index contributed by atoms with van der Waals surface area (Å²) in [7, 11) is 0. The molecule has 0 saturated heterocycles. The van der Waals surface area contributed by atoms with Crippen LogP contribution in [0.5, 0.6) is 0 Å². The molecule has 0 aliphatic heterocycles. The fourth-order valence-corrected chi connectivity index (χ4v) is 0.526. The van der Waals surface area contributed by atoms with E-state index in [1.54, 1.807) is 0 Å². The van der Waals surface area contributed by atoms with Gasteiger partial charge in [0.25, 0.3) is 0 Å². The zero-order chi connectivity index (χ0) is 7.66. The fourth-order valence-electron chi connectivity index (χ4n) is 0.526. The van der Waals surface area contributed by atoms with Crippen molar-refractivity contribution < 1.29 is 0 Å². The van der Waals surface area contributed by atoms with Crippen LogP contribution in [0.2, 0.25) is 0 Å². The van der Waals surface area contributed by atoms with E-state index in [1.165, 1.54) is 0 Å². The van der Waals surface area contributed by atoms with E-state index in [2.05, 4.69) is 18.0 Å². The lowest BCUT2D eigenvalue weighted by atomic mass is 10.4. The van der Waals surface area contributed by atoms with Gasteiger partial charge in [-0.05, 0) is 6.92 Å². The molecular weight excluding hydrogens is 122 g/mol. The predicted molar refractivity (Wildman–Crippen MR) is 47.0 cm³/mol. The molecule has 0 aliphatic carbocycles. The highest BCUT2D eigenvalue weighted by atomic mass is 14.8. The topological polar surface area (TPSA) is 12.0 Å². The smallest absolute Gasteiger partial charge is 0.0140 e. The van der Waals surface area contributed by atoms with Gasteiger partial charge in [-0.3, -0.25) is 0 Å². The summed E-state index contributed by atoms with van der Waals surface area (Å²) < 4.78 is 0. The summed E-state index contributed by atoms with van der Waals surface area (Å²) in [6, 6.07) is 0. The van der Waals surface area contributed by atoms with E-state index in [9.17, 15) is 0 Å². The maximum atomic E-state index is 3.59. The molecule has 1 heteroatoms. The lowest BCUT2D eigenvalue weighted by molar-refractivity contribution is 0.844. The first-order valence-electron chi connectivity index (χ1n) is 3.51. The molecule has 0 spiro atoms. The van der Waals surface area contributed by atoms with Gasteiger partial charge in [-0.1, -0.05) is 30.4 Å². The van der Waals surface area contributed by atoms with Gasteiger partial charge in [0.1, 0.15) is 0 Å². The Bertz CT molecular complexity index is 123. The van der Waals surface area contributed by atoms with Gasteiger partial charge in [0.15, 0.2) is 0 Å². The summed E-state index contributed by atoms with van der Waals surface area (Å²) >= 11 is 0. The minimum Gasteiger partial charge on any atom is -0.310 e. The average molecular weight is 137 g/mol. The maximum Gasteiger partial charge on any atom is 0.0140 e. The van der Waals surface area contributed by atoms with Crippen molar-refractivity contribution in [2.75, 3.05) is 13.1 Å². The maximum absolute atomic E-state index is 3.59. The van der Waals surface area contributed by atoms with E-state index in [-0.39, 0.29) is 0 Å². The van der Waals surface area contributed by atoms with Gasteiger partial charge in [-0.25, -0.2) is 0 Å². The van der Waals surface area contributed by atoms with Crippen LogP contribution in [-0.2, 0) is 0 Å². The molecule has 0 radical (unpaired) electrons. The van der Waals surface area contributed by atoms with Gasteiger partial charge < -0.3 is 5.32 Å². The van der Waals surface area contributed by atoms with Crippen molar-refractivity contribution in [3.8, 4) is 0 Å². The predicted octanol–water partition coefficient (Wildman–Crippen LogP) is 1.89. The van der Waals surface area contributed by atoms with E-state index < -0.39 is 0 Å². The number of hydrogen-bond acceptors (Lipinski definition) is 1. The van der Waals surface area contributed by atoms with Crippen molar-refractivity contribution in [1.82, 2.24) is 5.32 Å². The molecule has 0 bridgehead atoms. The van der Waals surface area contributed by atoms with Crippen LogP contribution in [0.4, 0.5) is 0 Å². The Balaban J connectivity index is 3.09.